The number of benzene rings is 1. The van der Waals surface area contributed by atoms with Crippen LogP contribution in [0.3, 0.4) is 0 Å². The number of hydrogen-bond acceptors (Lipinski definition) is 5. The second-order valence-electron chi connectivity index (χ2n) is 7.73. The maximum Gasteiger partial charge on any atom is 0.254 e. The molecule has 0 bridgehead atoms. The number of rotatable bonds is 4. The molecule has 0 aliphatic carbocycles. The Kier molecular flexibility index (Phi) is 7.69. The molecule has 1 saturated heterocycles. The van der Waals surface area contributed by atoms with Crippen LogP contribution < -0.4 is 5.32 Å². The van der Waals surface area contributed by atoms with Crippen LogP contribution in [0.5, 0.6) is 0 Å². The molecule has 2 aliphatic heterocycles. The highest BCUT2D eigenvalue weighted by Gasteiger charge is 2.29. The quantitative estimate of drug-likeness (QED) is 0.642. The van der Waals surface area contributed by atoms with Crippen LogP contribution in [0.2, 0.25) is 0 Å². The number of aromatic nitrogens is 5. The molecule has 5 rings (SSSR count). The Bertz CT molecular complexity index is 997. The summed E-state index contributed by atoms with van der Waals surface area (Å²) in [5.41, 5.74) is 1.77. The largest absolute Gasteiger partial charge is 0.339 e. The Morgan fingerprint density at radius 3 is 2.65 bits per heavy atom. The normalized spacial score (nSPS) is 16.2. The van der Waals surface area contributed by atoms with Crippen molar-refractivity contribution in [2.24, 2.45) is 0 Å². The predicted molar refractivity (Wildman–Crippen MR) is 122 cm³/mol. The summed E-state index contributed by atoms with van der Waals surface area (Å²) >= 11 is 0. The van der Waals surface area contributed by atoms with Crippen molar-refractivity contribution in [1.82, 2.24) is 34.8 Å². The van der Waals surface area contributed by atoms with Crippen molar-refractivity contribution >= 4 is 30.7 Å². The van der Waals surface area contributed by atoms with Crippen LogP contribution in [-0.4, -0.2) is 55.0 Å². The number of fused-ring (bicyclic) bond motifs is 1. The topological polar surface area (TPSA) is 80.9 Å². The Morgan fingerprint density at radius 1 is 1.06 bits per heavy atom. The Hall–Kier alpha value is -2.42. The minimum Gasteiger partial charge on any atom is -0.339 e. The predicted octanol–water partition coefficient (Wildman–Crippen LogP) is 2.49. The minimum absolute atomic E-state index is 0. The number of carbonyl (C=O) groups is 1. The van der Waals surface area contributed by atoms with Crippen LogP contribution in [0.1, 0.15) is 46.3 Å². The fraction of sp³-hybridized carbons (Fsp3) is 0.429. The van der Waals surface area contributed by atoms with Crippen LogP contribution in [0.4, 0.5) is 0 Å². The molecule has 0 unspecified atom stereocenters. The van der Waals surface area contributed by atoms with E-state index >= 15 is 0 Å². The monoisotopic (exact) mass is 463 g/mol. The third-order valence-corrected chi connectivity index (χ3v) is 5.94. The molecule has 166 valence electrons. The molecule has 1 N–H and O–H groups in total. The van der Waals surface area contributed by atoms with Crippen LogP contribution in [0.15, 0.2) is 42.7 Å². The zero-order valence-electron chi connectivity index (χ0n) is 17.2. The van der Waals surface area contributed by atoms with E-state index in [1.54, 1.807) is 6.20 Å². The molecule has 4 heterocycles. The number of nitrogens with one attached hydrogen (secondary N) is 1. The van der Waals surface area contributed by atoms with Crippen LogP contribution in [0.25, 0.3) is 0 Å². The lowest BCUT2D eigenvalue weighted by Gasteiger charge is -2.32. The number of hydrogen-bond donors (Lipinski definition) is 1. The smallest absolute Gasteiger partial charge is 0.254 e. The first-order valence-electron chi connectivity index (χ1n) is 10.3. The van der Waals surface area contributed by atoms with E-state index in [4.69, 9.17) is 0 Å². The molecule has 1 aromatic carbocycles. The van der Waals surface area contributed by atoms with Crippen molar-refractivity contribution in [3.63, 3.8) is 0 Å². The molecule has 0 atom stereocenters. The standard InChI is InChI=1S/C21H25N7O.2ClH/c29-21(18-5-2-1-4-17(18)15-27-10-3-8-23-27)26-11-6-16(7-12-26)20-25-24-19-14-22-9-13-28(19)20;;/h1-5,8,10,16,22H,6-7,9,11-15H2;2*1H. The Balaban J connectivity index is 0.00000136. The molecule has 8 nitrogen and oxygen atoms in total. The average molecular weight is 464 g/mol. The van der Waals surface area contributed by atoms with E-state index in [2.05, 4.69) is 25.2 Å². The van der Waals surface area contributed by atoms with Gasteiger partial charge in [0, 0.05) is 50.1 Å². The molecule has 2 aromatic heterocycles. The van der Waals surface area contributed by atoms with Gasteiger partial charge >= 0.3 is 0 Å². The number of amides is 1. The van der Waals surface area contributed by atoms with Crippen LogP contribution in [0, 0.1) is 0 Å². The summed E-state index contributed by atoms with van der Waals surface area (Å²) in [5, 5.41) is 16.4. The fourth-order valence-corrected chi connectivity index (χ4v) is 4.36. The molecule has 2 aliphatic rings. The van der Waals surface area contributed by atoms with Gasteiger partial charge in [0.05, 0.1) is 13.1 Å². The molecular weight excluding hydrogens is 437 g/mol. The van der Waals surface area contributed by atoms with Gasteiger partial charge in [-0.2, -0.15) is 5.10 Å². The van der Waals surface area contributed by atoms with Gasteiger partial charge in [-0.05, 0) is 30.5 Å². The van der Waals surface area contributed by atoms with Gasteiger partial charge in [0.25, 0.3) is 5.91 Å². The number of nitrogens with zero attached hydrogens (tertiary/aromatic N) is 6. The number of halogens is 2. The van der Waals surface area contributed by atoms with Gasteiger partial charge in [-0.3, -0.25) is 9.48 Å². The van der Waals surface area contributed by atoms with E-state index in [9.17, 15) is 4.79 Å². The molecule has 1 fully saturated rings. The van der Waals surface area contributed by atoms with Gasteiger partial charge in [-0.15, -0.1) is 35.0 Å². The van der Waals surface area contributed by atoms with E-state index < -0.39 is 0 Å². The summed E-state index contributed by atoms with van der Waals surface area (Å²) < 4.78 is 4.11. The zero-order valence-corrected chi connectivity index (χ0v) is 18.8. The van der Waals surface area contributed by atoms with Crippen molar-refractivity contribution in [3.8, 4) is 0 Å². The molecule has 0 radical (unpaired) electrons. The number of piperidine rings is 1. The number of likely N-dealkylation sites (tertiary alicyclic amines) is 1. The molecule has 0 spiro atoms. The highest BCUT2D eigenvalue weighted by molar-refractivity contribution is 5.95. The first kappa shape index (κ1) is 23.2. The first-order valence-corrected chi connectivity index (χ1v) is 10.3. The van der Waals surface area contributed by atoms with Crippen molar-refractivity contribution in [3.05, 3.63) is 65.5 Å². The van der Waals surface area contributed by atoms with E-state index in [0.29, 0.717) is 12.5 Å². The lowest BCUT2D eigenvalue weighted by atomic mass is 9.94. The van der Waals surface area contributed by atoms with Gasteiger partial charge in [0.1, 0.15) is 11.6 Å². The van der Waals surface area contributed by atoms with E-state index in [-0.39, 0.29) is 30.7 Å². The summed E-state index contributed by atoms with van der Waals surface area (Å²) in [6, 6.07) is 9.75. The zero-order chi connectivity index (χ0) is 19.6. The summed E-state index contributed by atoms with van der Waals surface area (Å²) in [5.74, 6) is 2.60. The summed E-state index contributed by atoms with van der Waals surface area (Å²) in [7, 11) is 0. The fourth-order valence-electron chi connectivity index (χ4n) is 4.36. The summed E-state index contributed by atoms with van der Waals surface area (Å²) in [4.78, 5) is 15.2. The number of carbonyl (C=O) groups excluding carboxylic acids is 1. The van der Waals surface area contributed by atoms with Crippen molar-refractivity contribution < 1.29 is 4.79 Å². The van der Waals surface area contributed by atoms with Crippen molar-refractivity contribution in [2.75, 3.05) is 19.6 Å². The van der Waals surface area contributed by atoms with Gasteiger partial charge < -0.3 is 14.8 Å². The molecular formula is C21H27Cl2N7O. The van der Waals surface area contributed by atoms with E-state index in [1.807, 2.05) is 46.1 Å². The van der Waals surface area contributed by atoms with Crippen LogP contribution >= 0.6 is 24.8 Å². The molecule has 10 heteroatoms. The average Bonchev–Trinajstić information content (AvgIpc) is 3.44. The maximum absolute atomic E-state index is 13.2. The minimum atomic E-state index is 0. The van der Waals surface area contributed by atoms with Gasteiger partial charge in [0.15, 0.2) is 0 Å². The second-order valence-corrected chi connectivity index (χ2v) is 7.73. The van der Waals surface area contributed by atoms with Crippen molar-refractivity contribution in [2.45, 2.75) is 38.4 Å². The second kappa shape index (κ2) is 10.3. The lowest BCUT2D eigenvalue weighted by molar-refractivity contribution is 0.0709. The van der Waals surface area contributed by atoms with Gasteiger partial charge in [0.2, 0.25) is 0 Å². The van der Waals surface area contributed by atoms with Crippen molar-refractivity contribution in [1.29, 1.82) is 0 Å². The van der Waals surface area contributed by atoms with E-state index in [1.165, 1.54) is 0 Å². The third-order valence-electron chi connectivity index (χ3n) is 5.94. The highest BCUT2D eigenvalue weighted by Crippen LogP contribution is 2.29. The SMILES string of the molecule is Cl.Cl.O=C(c1ccccc1Cn1cccn1)N1CCC(c2nnc3n2CCNC3)CC1. The molecule has 31 heavy (non-hydrogen) atoms. The molecule has 3 aromatic rings. The summed E-state index contributed by atoms with van der Waals surface area (Å²) in [6.07, 6.45) is 5.53. The lowest BCUT2D eigenvalue weighted by Crippen LogP contribution is -2.39. The Labute approximate surface area is 193 Å². The Morgan fingerprint density at radius 2 is 1.87 bits per heavy atom. The van der Waals surface area contributed by atoms with E-state index in [0.717, 1.165) is 68.3 Å². The highest BCUT2D eigenvalue weighted by atomic mass is 35.5. The van der Waals surface area contributed by atoms with Gasteiger partial charge in [-0.1, -0.05) is 18.2 Å². The van der Waals surface area contributed by atoms with Crippen LogP contribution in [-0.2, 0) is 19.6 Å². The third kappa shape index (κ3) is 4.76. The first-order chi connectivity index (χ1) is 14.3. The molecule has 1 amide bonds. The summed E-state index contributed by atoms with van der Waals surface area (Å²) in [6.45, 7) is 4.78. The molecule has 0 saturated carbocycles. The maximum atomic E-state index is 13.2. The van der Waals surface area contributed by atoms with Gasteiger partial charge in [-0.25, -0.2) is 0 Å².